The third-order valence-electron chi connectivity index (χ3n) is 3.50. The molecule has 1 aliphatic rings. The fourth-order valence-corrected chi connectivity index (χ4v) is 3.60. The molecule has 0 radical (unpaired) electrons. The van der Waals surface area contributed by atoms with Crippen molar-refractivity contribution in [2.24, 2.45) is 0 Å². The molecule has 0 aliphatic carbocycles. The zero-order valence-corrected chi connectivity index (χ0v) is 14.7. The molecule has 126 valence electrons. The van der Waals surface area contributed by atoms with Gasteiger partial charge < -0.3 is 4.74 Å². The Balaban J connectivity index is 1.90. The second-order valence-corrected chi connectivity index (χ2v) is 6.74. The Hall–Kier alpha value is -2.71. The predicted molar refractivity (Wildman–Crippen MR) is 102 cm³/mol. The molecule has 6 nitrogen and oxygen atoms in total. The van der Waals surface area contributed by atoms with E-state index in [2.05, 4.69) is 0 Å². The van der Waals surface area contributed by atoms with Crippen LogP contribution in [0, 0.1) is 10.1 Å². The molecule has 0 N–H and O–H groups in total. The summed E-state index contributed by atoms with van der Waals surface area (Å²) < 4.78 is 5.52. The minimum atomic E-state index is -0.472. The van der Waals surface area contributed by atoms with Gasteiger partial charge in [0.15, 0.2) is 4.32 Å². The highest BCUT2D eigenvalue weighted by Gasteiger charge is 2.33. The molecule has 1 aliphatic heterocycles. The maximum Gasteiger partial charge on any atom is 0.270 e. The van der Waals surface area contributed by atoms with Crippen molar-refractivity contribution in [2.75, 3.05) is 12.0 Å². The van der Waals surface area contributed by atoms with E-state index in [0.29, 0.717) is 26.2 Å². The second kappa shape index (κ2) is 7.04. The molecular formula is C17H12N2O4S2. The smallest absolute Gasteiger partial charge is 0.270 e. The lowest BCUT2D eigenvalue weighted by atomic mass is 10.2. The highest BCUT2D eigenvalue weighted by molar-refractivity contribution is 8.27. The van der Waals surface area contributed by atoms with Crippen molar-refractivity contribution in [1.82, 2.24) is 0 Å². The van der Waals surface area contributed by atoms with Crippen molar-refractivity contribution in [2.45, 2.75) is 0 Å². The van der Waals surface area contributed by atoms with Crippen LogP contribution in [0.15, 0.2) is 53.4 Å². The van der Waals surface area contributed by atoms with Gasteiger partial charge in [-0.1, -0.05) is 36.1 Å². The summed E-state index contributed by atoms with van der Waals surface area (Å²) in [5.41, 5.74) is 1.19. The van der Waals surface area contributed by atoms with Crippen LogP contribution in [0.4, 0.5) is 11.4 Å². The number of hydrogen-bond acceptors (Lipinski definition) is 6. The minimum absolute atomic E-state index is 0.0283. The summed E-state index contributed by atoms with van der Waals surface area (Å²) in [6, 6.07) is 13.1. The first-order chi connectivity index (χ1) is 12.0. The van der Waals surface area contributed by atoms with Crippen molar-refractivity contribution in [1.29, 1.82) is 0 Å². The topological polar surface area (TPSA) is 72.7 Å². The molecule has 0 unspecified atom stereocenters. The minimum Gasteiger partial charge on any atom is -0.497 e. The van der Waals surface area contributed by atoms with E-state index < -0.39 is 4.92 Å². The van der Waals surface area contributed by atoms with Crippen molar-refractivity contribution in [3.63, 3.8) is 0 Å². The number of carbonyl (C=O) groups excluding carboxylic acids is 1. The van der Waals surface area contributed by atoms with Crippen LogP contribution >= 0.6 is 24.0 Å². The summed E-state index contributed by atoms with van der Waals surface area (Å²) in [4.78, 5) is 24.9. The van der Waals surface area contributed by atoms with Crippen LogP contribution in [-0.2, 0) is 4.79 Å². The number of carbonyl (C=O) groups is 1. The summed E-state index contributed by atoms with van der Waals surface area (Å²) >= 11 is 6.47. The van der Waals surface area contributed by atoms with Gasteiger partial charge in [0.2, 0.25) is 0 Å². The number of hydrogen-bond donors (Lipinski definition) is 0. The molecule has 2 aromatic rings. The molecule has 0 aromatic heterocycles. The number of nitrogens with zero attached hydrogens (tertiary/aromatic N) is 2. The molecule has 0 atom stereocenters. The van der Waals surface area contributed by atoms with E-state index >= 15 is 0 Å². The van der Waals surface area contributed by atoms with E-state index in [9.17, 15) is 14.9 Å². The molecule has 0 bridgehead atoms. The first-order valence-electron chi connectivity index (χ1n) is 7.16. The Morgan fingerprint density at radius 3 is 2.60 bits per heavy atom. The summed E-state index contributed by atoms with van der Waals surface area (Å²) in [6.45, 7) is 0. The Bertz CT molecular complexity index is 894. The summed E-state index contributed by atoms with van der Waals surface area (Å²) in [7, 11) is 1.57. The molecular weight excluding hydrogens is 360 g/mol. The highest BCUT2D eigenvalue weighted by atomic mass is 32.2. The average Bonchev–Trinajstić information content (AvgIpc) is 2.89. The Morgan fingerprint density at radius 2 is 1.96 bits per heavy atom. The van der Waals surface area contributed by atoms with Gasteiger partial charge in [-0.05, 0) is 35.9 Å². The number of amides is 1. The number of rotatable bonds is 4. The molecule has 25 heavy (non-hydrogen) atoms. The van der Waals surface area contributed by atoms with E-state index in [-0.39, 0.29) is 11.6 Å². The van der Waals surface area contributed by atoms with Gasteiger partial charge in [-0.3, -0.25) is 19.8 Å². The van der Waals surface area contributed by atoms with E-state index in [1.807, 2.05) is 0 Å². The number of non-ortho nitro benzene ring substituents is 1. The number of anilines is 1. The average molecular weight is 372 g/mol. The molecule has 0 spiro atoms. The van der Waals surface area contributed by atoms with Gasteiger partial charge >= 0.3 is 0 Å². The van der Waals surface area contributed by atoms with Crippen LogP contribution in [0.5, 0.6) is 5.75 Å². The third kappa shape index (κ3) is 3.54. The van der Waals surface area contributed by atoms with E-state index in [4.69, 9.17) is 17.0 Å². The van der Waals surface area contributed by atoms with Crippen LogP contribution in [-0.4, -0.2) is 22.3 Å². The standard InChI is InChI=1S/C17H12N2O4S2/c1-23-14-7-5-12(6-8-14)18-16(20)15(25-17(18)24)10-11-3-2-4-13(9-11)19(21)22/h2-10H,1H3/b15-10+. The van der Waals surface area contributed by atoms with Gasteiger partial charge in [0.1, 0.15) is 5.75 Å². The van der Waals surface area contributed by atoms with Crippen LogP contribution in [0.25, 0.3) is 6.08 Å². The Morgan fingerprint density at radius 1 is 1.24 bits per heavy atom. The number of benzene rings is 2. The number of nitro groups is 1. The van der Waals surface area contributed by atoms with Gasteiger partial charge in [-0.25, -0.2) is 0 Å². The quantitative estimate of drug-likeness (QED) is 0.349. The lowest BCUT2D eigenvalue weighted by molar-refractivity contribution is -0.384. The zero-order chi connectivity index (χ0) is 18.0. The maximum absolute atomic E-state index is 12.7. The Kier molecular flexibility index (Phi) is 4.82. The van der Waals surface area contributed by atoms with Crippen LogP contribution in [0.2, 0.25) is 0 Å². The molecule has 3 rings (SSSR count). The SMILES string of the molecule is COc1ccc(N2C(=O)/C(=C\c3cccc([N+](=O)[O-])c3)SC2=S)cc1. The number of methoxy groups -OCH3 is 1. The number of ether oxygens (including phenoxy) is 1. The van der Waals surface area contributed by atoms with Gasteiger partial charge in [0.25, 0.3) is 11.6 Å². The summed E-state index contributed by atoms with van der Waals surface area (Å²) in [5.74, 6) is 0.424. The predicted octanol–water partition coefficient (Wildman–Crippen LogP) is 4.01. The molecule has 1 amide bonds. The van der Waals surface area contributed by atoms with Crippen molar-refractivity contribution in [3.05, 3.63) is 69.1 Å². The van der Waals surface area contributed by atoms with Crippen LogP contribution in [0.3, 0.4) is 0 Å². The first kappa shape index (κ1) is 17.1. The molecule has 1 fully saturated rings. The monoisotopic (exact) mass is 372 g/mol. The van der Waals surface area contributed by atoms with E-state index in [1.165, 1.54) is 17.0 Å². The number of thioether (sulfide) groups is 1. The lowest BCUT2D eigenvalue weighted by Crippen LogP contribution is -2.27. The van der Waals surface area contributed by atoms with Gasteiger partial charge in [0, 0.05) is 12.1 Å². The third-order valence-corrected chi connectivity index (χ3v) is 4.81. The second-order valence-electron chi connectivity index (χ2n) is 5.07. The fourth-order valence-electron chi connectivity index (χ4n) is 2.30. The lowest BCUT2D eigenvalue weighted by Gasteiger charge is -2.14. The van der Waals surface area contributed by atoms with Gasteiger partial charge in [0.05, 0.1) is 22.6 Å². The largest absolute Gasteiger partial charge is 0.497 e. The molecule has 1 saturated heterocycles. The van der Waals surface area contributed by atoms with Crippen molar-refractivity contribution < 1.29 is 14.5 Å². The molecule has 2 aromatic carbocycles. The van der Waals surface area contributed by atoms with Crippen LogP contribution < -0.4 is 9.64 Å². The molecule has 8 heteroatoms. The normalized spacial score (nSPS) is 15.7. The van der Waals surface area contributed by atoms with E-state index in [1.54, 1.807) is 49.6 Å². The first-order valence-corrected chi connectivity index (χ1v) is 8.38. The maximum atomic E-state index is 12.7. The summed E-state index contributed by atoms with van der Waals surface area (Å²) in [5, 5.41) is 10.9. The number of thiocarbonyl (C=S) groups is 1. The van der Waals surface area contributed by atoms with Crippen molar-refractivity contribution >= 4 is 51.7 Å². The zero-order valence-electron chi connectivity index (χ0n) is 13.0. The highest BCUT2D eigenvalue weighted by Crippen LogP contribution is 2.36. The number of nitro benzene ring substituents is 1. The molecule has 0 saturated carbocycles. The summed E-state index contributed by atoms with van der Waals surface area (Å²) in [6.07, 6.45) is 1.61. The molecule has 1 heterocycles. The van der Waals surface area contributed by atoms with Gasteiger partial charge in [-0.2, -0.15) is 0 Å². The fraction of sp³-hybridized carbons (Fsp3) is 0.0588. The Labute approximate surface area is 153 Å². The van der Waals surface area contributed by atoms with Crippen LogP contribution in [0.1, 0.15) is 5.56 Å². The van der Waals surface area contributed by atoms with Crippen molar-refractivity contribution in [3.8, 4) is 5.75 Å². The van der Waals surface area contributed by atoms with E-state index in [0.717, 1.165) is 11.8 Å². The van der Waals surface area contributed by atoms with Gasteiger partial charge in [-0.15, -0.1) is 0 Å².